The summed E-state index contributed by atoms with van der Waals surface area (Å²) in [5, 5.41) is 14.2. The fourth-order valence-corrected chi connectivity index (χ4v) is 2.33. The fraction of sp³-hybridized carbons (Fsp3) is 0.571. The quantitative estimate of drug-likeness (QED) is 0.620. The molecule has 0 amide bonds. The van der Waals surface area contributed by atoms with Crippen LogP contribution < -0.4 is 11.1 Å². The number of nitro benzene ring substituents is 1. The minimum absolute atomic E-state index is 0.267. The zero-order valence-corrected chi connectivity index (χ0v) is 12.4. The van der Waals surface area contributed by atoms with Gasteiger partial charge in [-0.3, -0.25) is 10.1 Å². The highest BCUT2D eigenvalue weighted by atomic mass is 19.1. The average molecular weight is 283 g/mol. The van der Waals surface area contributed by atoms with Crippen LogP contribution in [-0.4, -0.2) is 17.0 Å². The van der Waals surface area contributed by atoms with Gasteiger partial charge in [-0.05, 0) is 37.8 Å². The van der Waals surface area contributed by atoms with Crippen LogP contribution in [0.2, 0.25) is 0 Å². The zero-order valence-electron chi connectivity index (χ0n) is 12.4. The third-order valence-corrected chi connectivity index (χ3v) is 3.22. The maximum atomic E-state index is 13.5. The largest absolute Gasteiger partial charge is 0.373 e. The first-order valence-electron chi connectivity index (χ1n) is 6.61. The summed E-state index contributed by atoms with van der Waals surface area (Å²) in [4.78, 5) is 10.5. The molecule has 0 saturated heterocycles. The van der Waals surface area contributed by atoms with Crippen LogP contribution in [0, 0.1) is 28.8 Å². The number of anilines is 1. The predicted octanol–water partition coefficient (Wildman–Crippen LogP) is 3.22. The van der Waals surface area contributed by atoms with Gasteiger partial charge < -0.3 is 11.1 Å². The number of benzene rings is 1. The van der Waals surface area contributed by atoms with E-state index in [0.717, 1.165) is 12.5 Å². The Morgan fingerprint density at radius 2 is 2.10 bits per heavy atom. The molecule has 1 aromatic carbocycles. The van der Waals surface area contributed by atoms with Crippen LogP contribution in [0.15, 0.2) is 12.1 Å². The molecule has 6 heteroatoms. The van der Waals surface area contributed by atoms with Gasteiger partial charge in [-0.1, -0.05) is 13.8 Å². The molecule has 0 aliphatic rings. The highest BCUT2D eigenvalue weighted by Crippen LogP contribution is 2.31. The number of nitrogens with two attached hydrogens (primary N) is 1. The van der Waals surface area contributed by atoms with Crippen LogP contribution in [0.5, 0.6) is 0 Å². The van der Waals surface area contributed by atoms with Crippen LogP contribution >= 0.6 is 0 Å². The minimum Gasteiger partial charge on any atom is -0.373 e. The van der Waals surface area contributed by atoms with Crippen molar-refractivity contribution in [1.29, 1.82) is 0 Å². The Morgan fingerprint density at radius 1 is 1.50 bits per heavy atom. The smallest absolute Gasteiger partial charge is 0.295 e. The van der Waals surface area contributed by atoms with Gasteiger partial charge in [0, 0.05) is 12.1 Å². The van der Waals surface area contributed by atoms with Gasteiger partial charge in [0.15, 0.2) is 0 Å². The first-order chi connectivity index (χ1) is 9.18. The second-order valence-electron chi connectivity index (χ2n) is 5.86. The van der Waals surface area contributed by atoms with Crippen molar-refractivity contribution in [2.45, 2.75) is 39.7 Å². The number of halogens is 1. The van der Waals surface area contributed by atoms with Crippen molar-refractivity contribution in [3.8, 4) is 0 Å². The number of nitrogens with one attached hydrogen (secondary N) is 1. The molecule has 0 fully saturated rings. The predicted molar refractivity (Wildman–Crippen MR) is 78.3 cm³/mol. The summed E-state index contributed by atoms with van der Waals surface area (Å²) in [6, 6.07) is 2.41. The van der Waals surface area contributed by atoms with E-state index in [1.54, 1.807) is 6.92 Å². The monoisotopic (exact) mass is 283 g/mol. The molecular formula is C14H22FN3O2. The number of aryl methyl sites for hydroxylation is 1. The molecule has 0 aliphatic heterocycles. The van der Waals surface area contributed by atoms with Crippen LogP contribution in [0.3, 0.4) is 0 Å². The van der Waals surface area contributed by atoms with Crippen molar-refractivity contribution in [3.05, 3.63) is 33.6 Å². The number of hydrogen-bond acceptors (Lipinski definition) is 4. The summed E-state index contributed by atoms with van der Waals surface area (Å²) in [6.07, 6.45) is 0.761. The molecule has 0 aromatic heterocycles. The second-order valence-corrected chi connectivity index (χ2v) is 5.86. The third kappa shape index (κ3) is 3.90. The number of hydrogen-bond donors (Lipinski definition) is 2. The van der Waals surface area contributed by atoms with E-state index in [2.05, 4.69) is 19.2 Å². The van der Waals surface area contributed by atoms with Gasteiger partial charge in [-0.25, -0.2) is 4.39 Å². The number of rotatable bonds is 6. The number of nitro groups is 1. The van der Waals surface area contributed by atoms with Crippen molar-refractivity contribution in [3.63, 3.8) is 0 Å². The average Bonchev–Trinajstić information content (AvgIpc) is 2.32. The molecule has 0 aliphatic carbocycles. The Balaban J connectivity index is 3.18. The first-order valence-corrected chi connectivity index (χ1v) is 6.61. The summed E-state index contributed by atoms with van der Waals surface area (Å²) in [5.41, 5.74) is 5.73. The maximum Gasteiger partial charge on any atom is 0.295 e. The SMILES string of the molecule is Cc1cc(NC(C)(CN)CC(C)C)c([N+](=O)[O-])cc1F. The second kappa shape index (κ2) is 6.17. The molecule has 0 radical (unpaired) electrons. The molecule has 0 spiro atoms. The van der Waals surface area contributed by atoms with E-state index >= 15 is 0 Å². The summed E-state index contributed by atoms with van der Waals surface area (Å²) in [5.74, 6) is -0.197. The molecule has 0 saturated carbocycles. The third-order valence-electron chi connectivity index (χ3n) is 3.22. The van der Waals surface area contributed by atoms with Gasteiger partial charge in [0.25, 0.3) is 5.69 Å². The highest BCUT2D eigenvalue weighted by molar-refractivity contribution is 5.64. The van der Waals surface area contributed by atoms with Gasteiger partial charge >= 0.3 is 0 Å². The van der Waals surface area contributed by atoms with Crippen LogP contribution in [-0.2, 0) is 0 Å². The Hall–Kier alpha value is -1.69. The standard InChI is InChI=1S/C14H22FN3O2/c1-9(2)7-14(4,8-16)17-12-5-10(3)11(15)6-13(12)18(19)20/h5-6,9,17H,7-8,16H2,1-4H3. The lowest BCUT2D eigenvalue weighted by Crippen LogP contribution is -2.43. The van der Waals surface area contributed by atoms with Gasteiger partial charge in [0.1, 0.15) is 11.5 Å². The molecule has 0 heterocycles. The summed E-state index contributed by atoms with van der Waals surface area (Å²) in [6.45, 7) is 7.93. The van der Waals surface area contributed by atoms with Crippen molar-refractivity contribution in [1.82, 2.24) is 0 Å². The summed E-state index contributed by atoms with van der Waals surface area (Å²) < 4.78 is 13.5. The molecule has 0 bridgehead atoms. The summed E-state index contributed by atoms with van der Waals surface area (Å²) in [7, 11) is 0. The van der Waals surface area contributed by atoms with Crippen molar-refractivity contribution < 1.29 is 9.31 Å². The molecular weight excluding hydrogens is 261 g/mol. The Bertz CT molecular complexity index is 505. The highest BCUT2D eigenvalue weighted by Gasteiger charge is 2.27. The van der Waals surface area contributed by atoms with E-state index in [-0.39, 0.29) is 5.69 Å². The van der Waals surface area contributed by atoms with Crippen molar-refractivity contribution in [2.75, 3.05) is 11.9 Å². The van der Waals surface area contributed by atoms with E-state index in [9.17, 15) is 14.5 Å². The Morgan fingerprint density at radius 3 is 2.55 bits per heavy atom. The topological polar surface area (TPSA) is 81.2 Å². The first kappa shape index (κ1) is 16.4. The lowest BCUT2D eigenvalue weighted by Gasteiger charge is -2.32. The van der Waals surface area contributed by atoms with Crippen molar-refractivity contribution in [2.24, 2.45) is 11.7 Å². The van der Waals surface area contributed by atoms with Gasteiger partial charge in [0.2, 0.25) is 0 Å². The Kier molecular flexibility index (Phi) is 5.05. The van der Waals surface area contributed by atoms with Gasteiger partial charge in [-0.15, -0.1) is 0 Å². The molecule has 1 unspecified atom stereocenters. The van der Waals surface area contributed by atoms with E-state index < -0.39 is 16.3 Å². The number of nitrogens with zero attached hydrogens (tertiary/aromatic N) is 1. The minimum atomic E-state index is -0.586. The van der Waals surface area contributed by atoms with Gasteiger partial charge in [-0.2, -0.15) is 0 Å². The molecule has 1 rings (SSSR count). The van der Waals surface area contributed by atoms with Crippen LogP contribution in [0.1, 0.15) is 32.8 Å². The molecule has 20 heavy (non-hydrogen) atoms. The van der Waals surface area contributed by atoms with E-state index in [4.69, 9.17) is 5.73 Å². The van der Waals surface area contributed by atoms with Crippen LogP contribution in [0.4, 0.5) is 15.8 Å². The molecule has 1 atom stereocenters. The molecule has 3 N–H and O–H groups in total. The normalized spacial score (nSPS) is 14.2. The maximum absolute atomic E-state index is 13.5. The Labute approximate surface area is 118 Å². The zero-order chi connectivity index (χ0) is 15.5. The van der Waals surface area contributed by atoms with Crippen LogP contribution in [0.25, 0.3) is 0 Å². The molecule has 112 valence electrons. The molecule has 1 aromatic rings. The summed E-state index contributed by atoms with van der Waals surface area (Å²) >= 11 is 0. The van der Waals surface area contributed by atoms with Gasteiger partial charge in [0.05, 0.1) is 11.0 Å². The van der Waals surface area contributed by atoms with E-state index in [0.29, 0.717) is 23.7 Å². The van der Waals surface area contributed by atoms with E-state index in [1.165, 1.54) is 6.07 Å². The van der Waals surface area contributed by atoms with Crippen molar-refractivity contribution >= 4 is 11.4 Å². The fourth-order valence-electron chi connectivity index (χ4n) is 2.33. The molecule has 5 nitrogen and oxygen atoms in total. The van der Waals surface area contributed by atoms with E-state index in [1.807, 2.05) is 6.92 Å². The lowest BCUT2D eigenvalue weighted by atomic mass is 9.90. The lowest BCUT2D eigenvalue weighted by molar-refractivity contribution is -0.384.